The summed E-state index contributed by atoms with van der Waals surface area (Å²) in [6.07, 6.45) is 1.13. The summed E-state index contributed by atoms with van der Waals surface area (Å²) in [4.78, 5) is 4.84. The van der Waals surface area contributed by atoms with Gasteiger partial charge in [-0.15, -0.1) is 0 Å². The van der Waals surface area contributed by atoms with E-state index in [9.17, 15) is 0 Å². The molecule has 0 heterocycles. The molecule has 0 aliphatic rings. The normalized spacial score (nSPS) is 14.3. The molecule has 0 bridgehead atoms. The van der Waals surface area contributed by atoms with Gasteiger partial charge in [0.05, 0.1) is 11.4 Å². The summed E-state index contributed by atoms with van der Waals surface area (Å²) in [6, 6.07) is 7.84. The Labute approximate surface area is 111 Å². The molecule has 1 rings (SSSR count). The van der Waals surface area contributed by atoms with Gasteiger partial charge in [0.2, 0.25) is 0 Å². The predicted octanol–water partition coefficient (Wildman–Crippen LogP) is 4.68. The summed E-state index contributed by atoms with van der Waals surface area (Å²) in [5, 5.41) is 0. The molecule has 0 saturated heterocycles. The Hall–Kier alpha value is -1.31. The van der Waals surface area contributed by atoms with Crippen molar-refractivity contribution in [3.63, 3.8) is 0 Å². The topological polar surface area (TPSA) is 38.4 Å². The van der Waals surface area contributed by atoms with Gasteiger partial charge in [0.25, 0.3) is 0 Å². The van der Waals surface area contributed by atoms with Crippen molar-refractivity contribution in [1.29, 1.82) is 0 Å². The fourth-order valence-corrected chi connectivity index (χ4v) is 2.39. The van der Waals surface area contributed by atoms with Crippen molar-refractivity contribution in [2.45, 2.75) is 41.0 Å². The molecule has 1 aromatic carbocycles. The van der Waals surface area contributed by atoms with Crippen molar-refractivity contribution in [3.8, 4) is 0 Å². The molecule has 18 heavy (non-hydrogen) atoms. The maximum Gasteiger partial charge on any atom is 0.0858 e. The smallest absolute Gasteiger partial charge is 0.0858 e. The molecule has 2 heteroatoms. The zero-order valence-electron chi connectivity index (χ0n) is 12.3. The lowest BCUT2D eigenvalue weighted by molar-refractivity contribution is 0.466. The van der Waals surface area contributed by atoms with Gasteiger partial charge in [-0.3, -0.25) is 4.99 Å². The first-order valence-corrected chi connectivity index (χ1v) is 6.90. The van der Waals surface area contributed by atoms with Gasteiger partial charge in [-0.1, -0.05) is 46.8 Å². The fourth-order valence-electron chi connectivity index (χ4n) is 2.39. The number of anilines is 1. The van der Waals surface area contributed by atoms with Crippen LogP contribution in [0.1, 0.15) is 41.0 Å². The Morgan fingerprint density at radius 2 is 1.78 bits per heavy atom. The molecule has 1 aromatic rings. The van der Waals surface area contributed by atoms with Crippen LogP contribution in [0.25, 0.3) is 0 Å². The van der Waals surface area contributed by atoms with Crippen LogP contribution in [0, 0.1) is 17.8 Å². The van der Waals surface area contributed by atoms with Gasteiger partial charge < -0.3 is 5.73 Å². The number of benzene rings is 1. The largest absolute Gasteiger partial charge is 0.397 e. The number of aliphatic imine (C=N–C) groups is 1. The summed E-state index contributed by atoms with van der Waals surface area (Å²) in [5.41, 5.74) is 8.91. The third kappa shape index (κ3) is 3.59. The van der Waals surface area contributed by atoms with Crippen LogP contribution in [0.2, 0.25) is 0 Å². The summed E-state index contributed by atoms with van der Waals surface area (Å²) < 4.78 is 0. The molecular weight excluding hydrogens is 220 g/mol. The van der Waals surface area contributed by atoms with Gasteiger partial charge in [-0.2, -0.15) is 0 Å². The number of nitrogen functional groups attached to an aromatic ring is 1. The Morgan fingerprint density at radius 3 is 2.22 bits per heavy atom. The van der Waals surface area contributed by atoms with Crippen LogP contribution in [0.15, 0.2) is 29.3 Å². The minimum Gasteiger partial charge on any atom is -0.397 e. The molecule has 0 spiro atoms. The van der Waals surface area contributed by atoms with Crippen LogP contribution in [-0.2, 0) is 0 Å². The number of para-hydroxylation sites is 2. The number of rotatable bonds is 5. The highest BCUT2D eigenvalue weighted by Crippen LogP contribution is 2.27. The van der Waals surface area contributed by atoms with Gasteiger partial charge in [-0.05, 0) is 36.3 Å². The van der Waals surface area contributed by atoms with Crippen molar-refractivity contribution in [2.75, 3.05) is 5.73 Å². The first-order chi connectivity index (χ1) is 8.47. The van der Waals surface area contributed by atoms with E-state index in [1.54, 1.807) is 0 Å². The molecule has 0 aliphatic carbocycles. The van der Waals surface area contributed by atoms with Gasteiger partial charge in [-0.25, -0.2) is 0 Å². The highest BCUT2D eigenvalue weighted by atomic mass is 14.8. The van der Waals surface area contributed by atoms with E-state index in [1.807, 2.05) is 24.3 Å². The van der Waals surface area contributed by atoms with Crippen LogP contribution in [0.4, 0.5) is 11.4 Å². The van der Waals surface area contributed by atoms with Gasteiger partial charge >= 0.3 is 0 Å². The number of nitrogens with zero attached hydrogens (tertiary/aromatic N) is 1. The van der Waals surface area contributed by atoms with E-state index in [2.05, 4.69) is 34.6 Å². The van der Waals surface area contributed by atoms with E-state index >= 15 is 0 Å². The Morgan fingerprint density at radius 1 is 1.17 bits per heavy atom. The van der Waals surface area contributed by atoms with Crippen LogP contribution in [-0.4, -0.2) is 5.71 Å². The second-order valence-corrected chi connectivity index (χ2v) is 5.51. The SMILES string of the molecule is CCC(/C(=N\c1ccccc1N)C(C)C)C(C)C. The third-order valence-electron chi connectivity index (χ3n) is 3.40. The average Bonchev–Trinajstić information content (AvgIpc) is 2.30. The lowest BCUT2D eigenvalue weighted by Gasteiger charge is -2.24. The molecule has 0 radical (unpaired) electrons. The van der Waals surface area contributed by atoms with Gasteiger partial charge in [0.1, 0.15) is 0 Å². The van der Waals surface area contributed by atoms with E-state index in [-0.39, 0.29) is 0 Å². The van der Waals surface area contributed by atoms with Crippen molar-refractivity contribution in [1.82, 2.24) is 0 Å². The van der Waals surface area contributed by atoms with E-state index in [1.165, 1.54) is 5.71 Å². The van der Waals surface area contributed by atoms with Gasteiger partial charge in [0, 0.05) is 5.71 Å². The average molecular weight is 246 g/mol. The third-order valence-corrected chi connectivity index (χ3v) is 3.40. The minimum absolute atomic E-state index is 0.456. The lowest BCUT2D eigenvalue weighted by atomic mass is 9.83. The van der Waals surface area contributed by atoms with Gasteiger partial charge in [0.15, 0.2) is 0 Å². The molecular formula is C16H26N2. The standard InChI is InChI=1S/C16H26N2/c1-6-13(11(2)3)16(12(4)5)18-15-10-8-7-9-14(15)17/h7-13H,6,17H2,1-5H3/b18-16-. The molecule has 0 fully saturated rings. The lowest BCUT2D eigenvalue weighted by Crippen LogP contribution is -2.24. The zero-order valence-corrected chi connectivity index (χ0v) is 12.3. The quantitative estimate of drug-likeness (QED) is 0.594. The number of hydrogen-bond donors (Lipinski definition) is 1. The molecule has 2 nitrogen and oxygen atoms in total. The van der Waals surface area contributed by atoms with Crippen molar-refractivity contribution < 1.29 is 0 Å². The van der Waals surface area contributed by atoms with E-state index in [0.717, 1.165) is 17.8 Å². The Bertz CT molecular complexity index is 405. The highest BCUT2D eigenvalue weighted by Gasteiger charge is 2.20. The van der Waals surface area contributed by atoms with E-state index in [4.69, 9.17) is 10.7 Å². The van der Waals surface area contributed by atoms with Crippen molar-refractivity contribution in [2.24, 2.45) is 22.7 Å². The first-order valence-electron chi connectivity index (χ1n) is 6.90. The minimum atomic E-state index is 0.456. The molecule has 1 atom stereocenters. The van der Waals surface area contributed by atoms with Crippen LogP contribution < -0.4 is 5.73 Å². The monoisotopic (exact) mass is 246 g/mol. The summed E-state index contributed by atoms with van der Waals surface area (Å²) in [6.45, 7) is 11.2. The molecule has 100 valence electrons. The molecule has 0 aliphatic heterocycles. The van der Waals surface area contributed by atoms with Crippen LogP contribution in [0.3, 0.4) is 0 Å². The second kappa shape index (κ2) is 6.58. The summed E-state index contributed by atoms with van der Waals surface area (Å²) >= 11 is 0. The predicted molar refractivity (Wildman–Crippen MR) is 81.4 cm³/mol. The van der Waals surface area contributed by atoms with Crippen LogP contribution in [0.5, 0.6) is 0 Å². The van der Waals surface area contributed by atoms with E-state index in [0.29, 0.717) is 17.8 Å². The summed E-state index contributed by atoms with van der Waals surface area (Å²) in [7, 11) is 0. The van der Waals surface area contributed by atoms with Crippen molar-refractivity contribution in [3.05, 3.63) is 24.3 Å². The second-order valence-electron chi connectivity index (χ2n) is 5.51. The maximum absolute atomic E-state index is 5.98. The first kappa shape index (κ1) is 14.7. The zero-order chi connectivity index (χ0) is 13.7. The van der Waals surface area contributed by atoms with Crippen molar-refractivity contribution >= 4 is 17.1 Å². The molecule has 0 saturated carbocycles. The summed E-state index contributed by atoms with van der Waals surface area (Å²) in [5.74, 6) is 1.60. The van der Waals surface area contributed by atoms with E-state index < -0.39 is 0 Å². The molecule has 0 aromatic heterocycles. The fraction of sp³-hybridized carbons (Fsp3) is 0.562. The molecule has 1 unspecified atom stereocenters. The number of hydrogen-bond acceptors (Lipinski definition) is 2. The number of nitrogens with two attached hydrogens (primary N) is 1. The Kier molecular flexibility index (Phi) is 5.39. The molecule has 0 amide bonds. The Balaban J connectivity index is 3.16. The highest BCUT2D eigenvalue weighted by molar-refractivity contribution is 5.92. The maximum atomic E-state index is 5.98. The molecule has 2 N–H and O–H groups in total. The van der Waals surface area contributed by atoms with Crippen LogP contribution >= 0.6 is 0 Å².